The van der Waals surface area contributed by atoms with Crippen molar-refractivity contribution in [1.82, 2.24) is 4.98 Å². The molecule has 0 aliphatic rings. The van der Waals surface area contributed by atoms with Crippen molar-refractivity contribution < 1.29 is 36.6 Å². The molecule has 0 bridgehead atoms. The van der Waals surface area contributed by atoms with Crippen LogP contribution in [0.2, 0.25) is 0 Å². The van der Waals surface area contributed by atoms with Crippen molar-refractivity contribution in [3.8, 4) is 5.88 Å². The SMILES string of the molecule is COc1nc(C(F)F)c(CC(=O)O)cc1C(F)(F)F. The van der Waals surface area contributed by atoms with Crippen LogP contribution in [0.15, 0.2) is 6.07 Å². The number of ether oxygens (including phenoxy) is 1. The van der Waals surface area contributed by atoms with Crippen molar-refractivity contribution in [2.75, 3.05) is 7.11 Å². The molecule has 1 heterocycles. The first kappa shape index (κ1) is 15.1. The molecule has 0 spiro atoms. The molecule has 0 aliphatic heterocycles. The molecule has 9 heteroatoms. The van der Waals surface area contributed by atoms with Gasteiger partial charge in [-0.2, -0.15) is 13.2 Å². The molecule has 0 unspecified atom stereocenters. The second-order valence-corrected chi connectivity index (χ2v) is 3.46. The minimum atomic E-state index is -4.88. The molecule has 19 heavy (non-hydrogen) atoms. The van der Waals surface area contributed by atoms with E-state index in [0.29, 0.717) is 6.07 Å². The van der Waals surface area contributed by atoms with Crippen molar-refractivity contribution >= 4 is 5.97 Å². The zero-order valence-electron chi connectivity index (χ0n) is 9.46. The molecule has 0 amide bonds. The van der Waals surface area contributed by atoms with Crippen molar-refractivity contribution in [3.05, 3.63) is 22.9 Å². The summed E-state index contributed by atoms with van der Waals surface area (Å²) in [6.45, 7) is 0. The molecule has 0 aliphatic carbocycles. The maximum absolute atomic E-state index is 12.6. The van der Waals surface area contributed by atoms with Crippen LogP contribution in [0.4, 0.5) is 22.0 Å². The zero-order chi connectivity index (χ0) is 14.8. The van der Waals surface area contributed by atoms with Gasteiger partial charge in [0, 0.05) is 0 Å². The highest BCUT2D eigenvalue weighted by Crippen LogP contribution is 2.37. The number of halogens is 5. The van der Waals surface area contributed by atoms with E-state index in [1.54, 1.807) is 0 Å². The average molecular weight is 285 g/mol. The summed E-state index contributed by atoms with van der Waals surface area (Å²) in [6, 6.07) is 0.321. The molecule has 1 rings (SSSR count). The fraction of sp³-hybridized carbons (Fsp3) is 0.400. The van der Waals surface area contributed by atoms with Crippen LogP contribution in [0.3, 0.4) is 0 Å². The third kappa shape index (κ3) is 3.52. The number of carbonyl (C=O) groups is 1. The highest BCUT2D eigenvalue weighted by Gasteiger charge is 2.37. The number of rotatable bonds is 4. The average Bonchev–Trinajstić information content (AvgIpc) is 2.26. The van der Waals surface area contributed by atoms with Gasteiger partial charge in [0.2, 0.25) is 5.88 Å². The predicted molar refractivity (Wildman–Crippen MR) is 52.1 cm³/mol. The Morgan fingerprint density at radius 2 is 2.05 bits per heavy atom. The van der Waals surface area contributed by atoms with Gasteiger partial charge in [-0.25, -0.2) is 13.8 Å². The van der Waals surface area contributed by atoms with Crippen molar-refractivity contribution in [3.63, 3.8) is 0 Å². The van der Waals surface area contributed by atoms with Gasteiger partial charge >= 0.3 is 12.1 Å². The number of pyridine rings is 1. The van der Waals surface area contributed by atoms with E-state index in [1.165, 1.54) is 0 Å². The van der Waals surface area contributed by atoms with Crippen molar-refractivity contribution in [2.45, 2.75) is 19.0 Å². The monoisotopic (exact) mass is 285 g/mol. The van der Waals surface area contributed by atoms with Crippen LogP contribution in [0, 0.1) is 0 Å². The molecule has 0 radical (unpaired) electrons. The Kier molecular flexibility index (Phi) is 4.28. The summed E-state index contributed by atoms with van der Waals surface area (Å²) in [5.41, 5.74) is -3.13. The Labute approximate surface area is 103 Å². The first-order valence-corrected chi connectivity index (χ1v) is 4.81. The van der Waals surface area contributed by atoms with Gasteiger partial charge in [0.25, 0.3) is 6.43 Å². The van der Waals surface area contributed by atoms with Crippen LogP contribution in [-0.2, 0) is 17.4 Å². The number of aliphatic carboxylic acids is 1. The summed E-state index contributed by atoms with van der Waals surface area (Å²) in [5.74, 6) is -2.56. The first-order valence-electron chi connectivity index (χ1n) is 4.81. The number of carboxylic acids is 1. The molecule has 4 nitrogen and oxygen atoms in total. The summed E-state index contributed by atoms with van der Waals surface area (Å²) in [7, 11) is 0.851. The van der Waals surface area contributed by atoms with Crippen molar-refractivity contribution in [2.24, 2.45) is 0 Å². The van der Waals surface area contributed by atoms with E-state index in [1.807, 2.05) is 0 Å². The summed E-state index contributed by atoms with van der Waals surface area (Å²) in [4.78, 5) is 13.5. The van der Waals surface area contributed by atoms with Crippen LogP contribution >= 0.6 is 0 Å². The number of hydrogen-bond acceptors (Lipinski definition) is 3. The normalized spacial score (nSPS) is 11.7. The minimum Gasteiger partial charge on any atom is -0.481 e. The lowest BCUT2D eigenvalue weighted by Gasteiger charge is -2.15. The topological polar surface area (TPSA) is 59.4 Å². The molecule has 1 N–H and O–H groups in total. The van der Waals surface area contributed by atoms with Crippen LogP contribution in [0.25, 0.3) is 0 Å². The molecule has 0 aromatic carbocycles. The molecule has 0 fully saturated rings. The van der Waals surface area contributed by atoms with Gasteiger partial charge in [0.15, 0.2) is 0 Å². The maximum atomic E-state index is 12.6. The number of alkyl halides is 5. The van der Waals surface area contributed by atoms with E-state index in [2.05, 4.69) is 9.72 Å². The third-order valence-electron chi connectivity index (χ3n) is 2.15. The maximum Gasteiger partial charge on any atom is 0.421 e. The Balaban J connectivity index is 3.47. The van der Waals surface area contributed by atoms with Gasteiger partial charge in [-0.3, -0.25) is 4.79 Å². The van der Waals surface area contributed by atoms with Gasteiger partial charge in [-0.1, -0.05) is 0 Å². The molecular weight excluding hydrogens is 277 g/mol. The van der Waals surface area contributed by atoms with E-state index in [0.717, 1.165) is 7.11 Å². The van der Waals surface area contributed by atoms with E-state index >= 15 is 0 Å². The van der Waals surface area contributed by atoms with Crippen molar-refractivity contribution in [1.29, 1.82) is 0 Å². The number of hydrogen-bond donors (Lipinski definition) is 1. The fourth-order valence-corrected chi connectivity index (χ4v) is 1.40. The van der Waals surface area contributed by atoms with Crippen LogP contribution in [0.1, 0.15) is 23.2 Å². The third-order valence-corrected chi connectivity index (χ3v) is 2.15. The van der Waals surface area contributed by atoms with Gasteiger partial charge in [0.05, 0.1) is 13.5 Å². The summed E-state index contributed by atoms with van der Waals surface area (Å²) in [6.07, 6.45) is -9.07. The van der Waals surface area contributed by atoms with E-state index in [4.69, 9.17) is 5.11 Å². The Morgan fingerprint density at radius 1 is 1.47 bits per heavy atom. The van der Waals surface area contributed by atoms with Crippen LogP contribution < -0.4 is 4.74 Å². The quantitative estimate of drug-likeness (QED) is 0.864. The Bertz CT molecular complexity index is 487. The van der Waals surface area contributed by atoms with Gasteiger partial charge in [0.1, 0.15) is 11.3 Å². The number of carboxylic acid groups (broad SMARTS) is 1. The second-order valence-electron chi connectivity index (χ2n) is 3.46. The molecule has 0 atom stereocenters. The number of aromatic nitrogens is 1. The second kappa shape index (κ2) is 5.37. The van der Waals surface area contributed by atoms with Crippen LogP contribution in [-0.4, -0.2) is 23.2 Å². The highest BCUT2D eigenvalue weighted by molar-refractivity contribution is 5.70. The zero-order valence-corrected chi connectivity index (χ0v) is 9.46. The summed E-state index contributed by atoms with van der Waals surface area (Å²) in [5, 5.41) is 8.51. The largest absolute Gasteiger partial charge is 0.481 e. The fourth-order valence-electron chi connectivity index (χ4n) is 1.40. The molecule has 1 aromatic heterocycles. The molecule has 0 saturated carbocycles. The molecule has 106 valence electrons. The number of methoxy groups -OCH3 is 1. The lowest BCUT2D eigenvalue weighted by molar-refractivity contribution is -0.140. The lowest BCUT2D eigenvalue weighted by atomic mass is 10.1. The van der Waals surface area contributed by atoms with Gasteiger partial charge in [-0.15, -0.1) is 0 Å². The van der Waals surface area contributed by atoms with Crippen LogP contribution in [0.5, 0.6) is 5.88 Å². The summed E-state index contributed by atoms with van der Waals surface area (Å²) >= 11 is 0. The smallest absolute Gasteiger partial charge is 0.421 e. The highest BCUT2D eigenvalue weighted by atomic mass is 19.4. The van der Waals surface area contributed by atoms with E-state index in [9.17, 15) is 26.7 Å². The number of nitrogens with zero attached hydrogens (tertiary/aromatic N) is 1. The predicted octanol–water partition coefficient (Wildman–Crippen LogP) is 2.67. The standard InChI is InChI=1S/C10H8F5NO3/c1-19-9-5(10(13,14)15)2-4(3-6(17)18)7(16-9)8(11)12/h2,8H,3H2,1H3,(H,17,18). The molecular formula is C10H8F5NO3. The van der Waals surface area contributed by atoms with E-state index < -0.39 is 47.7 Å². The minimum absolute atomic E-state index is 0.321. The Morgan fingerprint density at radius 3 is 2.42 bits per heavy atom. The lowest BCUT2D eigenvalue weighted by Crippen LogP contribution is -2.14. The molecule has 0 saturated heterocycles. The van der Waals surface area contributed by atoms with Gasteiger partial charge in [-0.05, 0) is 11.6 Å². The Hall–Kier alpha value is -1.93. The first-order chi connectivity index (χ1) is 8.66. The molecule has 1 aromatic rings. The van der Waals surface area contributed by atoms with E-state index in [-0.39, 0.29) is 0 Å². The summed E-state index contributed by atoms with van der Waals surface area (Å²) < 4.78 is 67.5. The van der Waals surface area contributed by atoms with Gasteiger partial charge < -0.3 is 9.84 Å².